The molecule has 4 N–H and O–H groups in total. The van der Waals surface area contributed by atoms with E-state index >= 15 is 0 Å². The predicted octanol–water partition coefficient (Wildman–Crippen LogP) is 2.79. The quantitative estimate of drug-likeness (QED) is 0.551. The van der Waals surface area contributed by atoms with E-state index < -0.39 is 0 Å². The SMILES string of the molecule is CN/C=C\N1C=C(c2ccc3cn[nH]c3c2)NC(=Nc2cc(C3CC3)[nH]n2)C1. The van der Waals surface area contributed by atoms with Gasteiger partial charge in [-0.05, 0) is 18.9 Å². The molecule has 0 unspecified atom stereocenters. The molecule has 2 aromatic heterocycles. The lowest BCUT2D eigenvalue weighted by atomic mass is 10.1. The van der Waals surface area contributed by atoms with Gasteiger partial charge in [0.15, 0.2) is 5.82 Å². The average molecular weight is 374 g/mol. The van der Waals surface area contributed by atoms with Crippen LogP contribution >= 0.6 is 0 Å². The van der Waals surface area contributed by atoms with Gasteiger partial charge in [0.1, 0.15) is 5.84 Å². The van der Waals surface area contributed by atoms with Crippen molar-refractivity contribution in [3.63, 3.8) is 0 Å². The van der Waals surface area contributed by atoms with Crippen LogP contribution in [0, 0.1) is 0 Å². The lowest BCUT2D eigenvalue weighted by molar-refractivity contribution is 0.562. The normalized spacial score (nSPS) is 18.7. The zero-order chi connectivity index (χ0) is 18.9. The molecule has 0 radical (unpaired) electrons. The first-order valence-electron chi connectivity index (χ1n) is 9.43. The maximum atomic E-state index is 4.74. The van der Waals surface area contributed by atoms with Gasteiger partial charge in [-0.2, -0.15) is 10.2 Å². The number of aliphatic imine (C=N–C) groups is 1. The zero-order valence-electron chi connectivity index (χ0n) is 15.6. The minimum atomic E-state index is 0.632. The molecule has 1 aromatic carbocycles. The Morgan fingerprint density at radius 2 is 2.18 bits per heavy atom. The zero-order valence-corrected chi connectivity index (χ0v) is 15.6. The minimum absolute atomic E-state index is 0.632. The van der Waals surface area contributed by atoms with E-state index in [1.165, 1.54) is 18.5 Å². The van der Waals surface area contributed by atoms with E-state index in [-0.39, 0.29) is 0 Å². The molecule has 1 aliphatic heterocycles. The summed E-state index contributed by atoms with van der Waals surface area (Å²) in [5.41, 5.74) is 4.22. The molecule has 1 aliphatic carbocycles. The first kappa shape index (κ1) is 16.6. The fourth-order valence-corrected chi connectivity index (χ4v) is 3.32. The Labute approximate surface area is 162 Å². The largest absolute Gasteiger partial charge is 0.393 e. The average Bonchev–Trinajstić information content (AvgIpc) is 3.27. The highest BCUT2D eigenvalue weighted by atomic mass is 15.2. The number of nitrogens with zero attached hydrogens (tertiary/aromatic N) is 4. The molecule has 2 aliphatic rings. The van der Waals surface area contributed by atoms with Gasteiger partial charge in [-0.15, -0.1) is 0 Å². The maximum Gasteiger partial charge on any atom is 0.175 e. The molecular weight excluding hydrogens is 352 g/mol. The van der Waals surface area contributed by atoms with E-state index in [0.717, 1.165) is 28.0 Å². The molecule has 28 heavy (non-hydrogen) atoms. The molecule has 3 aromatic rings. The smallest absolute Gasteiger partial charge is 0.175 e. The molecular formula is C20H22N8. The standard InChI is InChI=1S/C20H22N8/c1-21-6-7-28-11-18(14-4-5-15-10-22-25-16(15)8-14)23-20(12-28)24-19-9-17(26-27-19)13-2-3-13/h4-11,13,21H,2-3,12H2,1H3,(H,22,25)(H2,23,24,26,27)/b7-6-. The van der Waals surface area contributed by atoms with Gasteiger partial charge >= 0.3 is 0 Å². The molecule has 1 fully saturated rings. The highest BCUT2D eigenvalue weighted by Crippen LogP contribution is 2.39. The van der Waals surface area contributed by atoms with Crippen molar-refractivity contribution in [1.29, 1.82) is 0 Å². The van der Waals surface area contributed by atoms with Gasteiger partial charge in [0.05, 0.1) is 24.0 Å². The third kappa shape index (κ3) is 3.36. The molecule has 0 amide bonds. The summed E-state index contributed by atoms with van der Waals surface area (Å²) in [6, 6.07) is 8.28. The third-order valence-electron chi connectivity index (χ3n) is 4.94. The summed E-state index contributed by atoms with van der Waals surface area (Å²) < 4.78 is 0. The molecule has 142 valence electrons. The highest BCUT2D eigenvalue weighted by Gasteiger charge is 2.25. The van der Waals surface area contributed by atoms with E-state index in [1.807, 2.05) is 25.6 Å². The molecule has 0 spiro atoms. The number of hydrogen-bond donors (Lipinski definition) is 4. The Bertz CT molecular complexity index is 1080. The topological polar surface area (TPSA) is 97.0 Å². The van der Waals surface area contributed by atoms with Crippen LogP contribution in [0.15, 0.2) is 54.1 Å². The summed E-state index contributed by atoms with van der Waals surface area (Å²) in [6.45, 7) is 0.638. The van der Waals surface area contributed by atoms with Crippen LogP contribution in [0.5, 0.6) is 0 Å². The van der Waals surface area contributed by atoms with Crippen molar-refractivity contribution >= 4 is 28.3 Å². The number of aromatic amines is 2. The van der Waals surface area contributed by atoms with Crippen LogP contribution in [0.25, 0.3) is 16.6 Å². The Morgan fingerprint density at radius 3 is 3.04 bits per heavy atom. The Kier molecular flexibility index (Phi) is 4.08. The summed E-state index contributed by atoms with van der Waals surface area (Å²) >= 11 is 0. The summed E-state index contributed by atoms with van der Waals surface area (Å²) in [5.74, 6) is 2.19. The molecule has 0 bridgehead atoms. The first-order valence-corrected chi connectivity index (χ1v) is 9.43. The number of rotatable bonds is 5. The number of nitrogens with one attached hydrogen (secondary N) is 4. The van der Waals surface area contributed by atoms with Crippen molar-refractivity contribution in [2.45, 2.75) is 18.8 Å². The van der Waals surface area contributed by atoms with Crippen molar-refractivity contribution in [2.24, 2.45) is 4.99 Å². The van der Waals surface area contributed by atoms with Gasteiger partial charge in [-0.25, -0.2) is 4.99 Å². The van der Waals surface area contributed by atoms with Crippen LogP contribution in [0.3, 0.4) is 0 Å². The van der Waals surface area contributed by atoms with Crippen LogP contribution in [-0.4, -0.2) is 44.7 Å². The van der Waals surface area contributed by atoms with Crippen molar-refractivity contribution in [2.75, 3.05) is 13.6 Å². The van der Waals surface area contributed by atoms with E-state index in [0.29, 0.717) is 18.3 Å². The second-order valence-electron chi connectivity index (χ2n) is 7.13. The van der Waals surface area contributed by atoms with Crippen LogP contribution in [0.2, 0.25) is 0 Å². The van der Waals surface area contributed by atoms with E-state index in [4.69, 9.17) is 4.99 Å². The Balaban J connectivity index is 1.46. The summed E-state index contributed by atoms with van der Waals surface area (Å²) in [5, 5.41) is 22.2. The number of fused-ring (bicyclic) bond motifs is 1. The minimum Gasteiger partial charge on any atom is -0.393 e. The van der Waals surface area contributed by atoms with E-state index in [1.54, 1.807) is 0 Å². The van der Waals surface area contributed by atoms with Gasteiger partial charge in [0, 0.05) is 54.3 Å². The van der Waals surface area contributed by atoms with Crippen LogP contribution in [-0.2, 0) is 0 Å². The molecule has 0 saturated heterocycles. The van der Waals surface area contributed by atoms with Gasteiger partial charge < -0.3 is 15.5 Å². The van der Waals surface area contributed by atoms with Crippen LogP contribution in [0.4, 0.5) is 5.82 Å². The lowest BCUT2D eigenvalue weighted by Crippen LogP contribution is -2.37. The van der Waals surface area contributed by atoms with Crippen molar-refractivity contribution in [3.05, 3.63) is 60.3 Å². The first-order chi connectivity index (χ1) is 13.8. The second kappa shape index (κ2) is 6.88. The predicted molar refractivity (Wildman–Crippen MR) is 110 cm³/mol. The molecule has 8 heteroatoms. The molecule has 3 heterocycles. The Morgan fingerprint density at radius 1 is 1.25 bits per heavy atom. The van der Waals surface area contributed by atoms with Crippen LogP contribution in [0.1, 0.15) is 30.0 Å². The third-order valence-corrected chi connectivity index (χ3v) is 4.94. The Hall–Kier alpha value is -3.55. The number of H-pyrrole nitrogens is 2. The highest BCUT2D eigenvalue weighted by molar-refractivity contribution is 5.96. The van der Waals surface area contributed by atoms with Gasteiger partial charge in [-0.3, -0.25) is 10.2 Å². The number of benzene rings is 1. The van der Waals surface area contributed by atoms with Crippen molar-refractivity contribution in [3.8, 4) is 0 Å². The molecule has 0 atom stereocenters. The summed E-state index contributed by atoms with van der Waals surface area (Å²) in [4.78, 5) is 6.83. The number of aromatic nitrogens is 4. The molecule has 5 rings (SSSR count). The van der Waals surface area contributed by atoms with Gasteiger partial charge in [0.2, 0.25) is 0 Å². The lowest BCUT2D eigenvalue weighted by Gasteiger charge is -2.26. The maximum absolute atomic E-state index is 4.74. The monoisotopic (exact) mass is 374 g/mol. The van der Waals surface area contributed by atoms with E-state index in [2.05, 4.69) is 66.4 Å². The summed E-state index contributed by atoms with van der Waals surface area (Å²) in [6.07, 6.45) is 10.3. The van der Waals surface area contributed by atoms with Crippen molar-refractivity contribution < 1.29 is 0 Å². The van der Waals surface area contributed by atoms with Crippen LogP contribution < -0.4 is 10.6 Å². The van der Waals surface area contributed by atoms with E-state index in [9.17, 15) is 0 Å². The molecule has 8 nitrogen and oxygen atoms in total. The fraction of sp³-hybridized carbons (Fsp3) is 0.250. The second-order valence-corrected chi connectivity index (χ2v) is 7.13. The number of amidine groups is 1. The number of hydrogen-bond acceptors (Lipinski definition) is 5. The van der Waals surface area contributed by atoms with Gasteiger partial charge in [0.25, 0.3) is 0 Å². The van der Waals surface area contributed by atoms with Crippen molar-refractivity contribution in [1.82, 2.24) is 35.9 Å². The molecule has 1 saturated carbocycles. The fourth-order valence-electron chi connectivity index (χ4n) is 3.32. The summed E-state index contributed by atoms with van der Waals surface area (Å²) in [7, 11) is 1.88. The van der Waals surface area contributed by atoms with Gasteiger partial charge in [-0.1, -0.05) is 12.1 Å².